The van der Waals surface area contributed by atoms with Crippen molar-refractivity contribution < 1.29 is 17.6 Å². The van der Waals surface area contributed by atoms with Crippen molar-refractivity contribution in [1.82, 2.24) is 15.0 Å². The maximum absolute atomic E-state index is 13.9. The van der Waals surface area contributed by atoms with Crippen molar-refractivity contribution in [2.75, 3.05) is 28.5 Å². The highest BCUT2D eigenvalue weighted by Crippen LogP contribution is 2.29. The Balaban J connectivity index is 1.39. The molecule has 0 saturated carbocycles. The van der Waals surface area contributed by atoms with E-state index in [1.807, 2.05) is 0 Å². The van der Waals surface area contributed by atoms with Gasteiger partial charge in [-0.15, -0.1) is 0 Å². The van der Waals surface area contributed by atoms with Crippen LogP contribution in [0.4, 0.5) is 21.2 Å². The number of halogens is 1. The number of aryl methyl sites for hydroxylation is 1. The lowest BCUT2D eigenvalue weighted by Crippen LogP contribution is -2.29. The molecule has 0 spiro atoms. The topological polar surface area (TPSA) is 117 Å². The summed E-state index contributed by atoms with van der Waals surface area (Å²) in [5.41, 5.74) is 1.32. The van der Waals surface area contributed by atoms with Crippen molar-refractivity contribution in [2.24, 2.45) is 0 Å². The first-order valence-corrected chi connectivity index (χ1v) is 12.0. The molecule has 0 atom stereocenters. The van der Waals surface area contributed by atoms with Gasteiger partial charge in [0.05, 0.1) is 16.1 Å². The number of benzene rings is 2. The zero-order valence-electron chi connectivity index (χ0n) is 17.6. The molecule has 0 aliphatic carbocycles. The van der Waals surface area contributed by atoms with Gasteiger partial charge < -0.3 is 10.2 Å². The van der Waals surface area contributed by atoms with E-state index in [9.17, 15) is 17.6 Å². The number of hydrogen-bond acceptors (Lipinski definition) is 8. The van der Waals surface area contributed by atoms with E-state index in [-0.39, 0.29) is 28.8 Å². The maximum atomic E-state index is 13.9. The summed E-state index contributed by atoms with van der Waals surface area (Å²) in [5.74, 6) is -0.768. The van der Waals surface area contributed by atoms with Gasteiger partial charge in [0.15, 0.2) is 5.13 Å². The molecule has 0 aliphatic heterocycles. The minimum atomic E-state index is -3.88. The molecular weight excluding hydrogens is 467 g/mol. The second-order valence-corrected chi connectivity index (χ2v) is 9.83. The molecule has 4 rings (SSSR count). The molecule has 2 aromatic carbocycles. The van der Waals surface area contributed by atoms with Gasteiger partial charge in [-0.25, -0.2) is 32.5 Å². The zero-order chi connectivity index (χ0) is 23.6. The average molecular weight is 487 g/mol. The van der Waals surface area contributed by atoms with Crippen molar-refractivity contribution >= 4 is 54.3 Å². The molecule has 2 heterocycles. The van der Waals surface area contributed by atoms with Crippen molar-refractivity contribution in [1.29, 1.82) is 0 Å². The number of nitrogens with one attached hydrogen (secondary N) is 2. The van der Waals surface area contributed by atoms with Gasteiger partial charge >= 0.3 is 0 Å². The van der Waals surface area contributed by atoms with Crippen LogP contribution in [0.25, 0.3) is 10.2 Å². The Bertz CT molecular complexity index is 1420. The molecule has 0 unspecified atom stereocenters. The van der Waals surface area contributed by atoms with Crippen LogP contribution in [0.1, 0.15) is 5.69 Å². The highest BCUT2D eigenvalue weighted by Gasteiger charge is 2.17. The smallest absolute Gasteiger partial charge is 0.264 e. The number of hydrogen-bond donors (Lipinski definition) is 2. The van der Waals surface area contributed by atoms with Crippen molar-refractivity contribution in [3.8, 4) is 0 Å². The Hall–Kier alpha value is -3.64. The van der Waals surface area contributed by atoms with E-state index in [4.69, 9.17) is 0 Å². The third-order valence-electron chi connectivity index (χ3n) is 4.53. The van der Waals surface area contributed by atoms with E-state index in [1.54, 1.807) is 37.1 Å². The molecule has 170 valence electrons. The van der Waals surface area contributed by atoms with E-state index in [2.05, 4.69) is 25.0 Å². The summed E-state index contributed by atoms with van der Waals surface area (Å²) in [5, 5.41) is 3.22. The monoisotopic (exact) mass is 486 g/mol. The van der Waals surface area contributed by atoms with E-state index >= 15 is 0 Å². The molecule has 0 aliphatic rings. The zero-order valence-corrected chi connectivity index (χ0v) is 19.2. The van der Waals surface area contributed by atoms with Crippen LogP contribution < -0.4 is 14.9 Å². The number of carbonyl (C=O) groups excluding carboxylic acids is 1. The van der Waals surface area contributed by atoms with Gasteiger partial charge in [0.25, 0.3) is 10.0 Å². The van der Waals surface area contributed by atoms with Crippen molar-refractivity contribution in [3.63, 3.8) is 0 Å². The van der Waals surface area contributed by atoms with Gasteiger partial charge in [0.2, 0.25) is 11.9 Å². The van der Waals surface area contributed by atoms with Gasteiger partial charge in [-0.1, -0.05) is 17.4 Å². The molecule has 2 N–H and O–H groups in total. The van der Waals surface area contributed by atoms with Crippen LogP contribution in [0, 0.1) is 12.7 Å². The predicted octanol–water partition coefficient (Wildman–Crippen LogP) is 3.41. The lowest BCUT2D eigenvalue weighted by atomic mass is 10.3. The minimum absolute atomic E-state index is 0.000717. The van der Waals surface area contributed by atoms with Gasteiger partial charge in [-0.05, 0) is 49.4 Å². The summed E-state index contributed by atoms with van der Waals surface area (Å²) in [6.45, 7) is 1.71. The number of likely N-dealkylation sites (N-methyl/N-ethyl adjacent to an activating group) is 1. The summed E-state index contributed by atoms with van der Waals surface area (Å²) >= 11 is 1.28. The van der Waals surface area contributed by atoms with Crippen LogP contribution in [0.2, 0.25) is 0 Å². The SMILES string of the molecule is Cc1ccnc(NS(=O)(=O)c2ccc(NC(=O)CN(C)c3nc4c(F)cccc4s3)cc2)n1. The number of rotatable bonds is 7. The lowest BCUT2D eigenvalue weighted by Gasteiger charge is -2.15. The Morgan fingerprint density at radius 3 is 2.58 bits per heavy atom. The normalized spacial score (nSPS) is 11.4. The first kappa shape index (κ1) is 22.6. The molecule has 0 saturated heterocycles. The number of carbonyl (C=O) groups is 1. The van der Waals surface area contributed by atoms with Crippen LogP contribution in [0.15, 0.2) is 59.6 Å². The third-order valence-corrected chi connectivity index (χ3v) is 7.01. The summed E-state index contributed by atoms with van der Waals surface area (Å²) in [6, 6.07) is 12.1. The second kappa shape index (κ2) is 9.08. The first-order chi connectivity index (χ1) is 15.7. The quantitative estimate of drug-likeness (QED) is 0.411. The molecule has 2 aromatic heterocycles. The fourth-order valence-corrected chi connectivity index (χ4v) is 4.84. The van der Waals surface area contributed by atoms with Gasteiger partial charge in [0, 0.05) is 24.6 Å². The third kappa shape index (κ3) is 5.23. The van der Waals surface area contributed by atoms with E-state index in [0.717, 1.165) is 0 Å². The van der Waals surface area contributed by atoms with Crippen LogP contribution >= 0.6 is 11.3 Å². The number of aromatic nitrogens is 3. The first-order valence-electron chi connectivity index (χ1n) is 9.70. The molecule has 4 aromatic rings. The largest absolute Gasteiger partial charge is 0.342 e. The predicted molar refractivity (Wildman–Crippen MR) is 125 cm³/mol. The molecule has 33 heavy (non-hydrogen) atoms. The average Bonchev–Trinajstić information content (AvgIpc) is 3.20. The summed E-state index contributed by atoms with van der Waals surface area (Å²) in [4.78, 5) is 26.2. The fourth-order valence-electron chi connectivity index (χ4n) is 2.94. The summed E-state index contributed by atoms with van der Waals surface area (Å²) in [7, 11) is -2.20. The highest BCUT2D eigenvalue weighted by atomic mass is 32.2. The van der Waals surface area contributed by atoms with Gasteiger partial charge in [-0.2, -0.15) is 0 Å². The number of fused-ring (bicyclic) bond motifs is 1. The Labute approximate surface area is 193 Å². The number of nitrogens with zero attached hydrogens (tertiary/aromatic N) is 4. The number of para-hydroxylation sites is 1. The van der Waals surface area contributed by atoms with E-state index < -0.39 is 15.8 Å². The standard InChI is InChI=1S/C21H19FN6O3S2/c1-13-10-11-23-20(24-13)27-33(30,31)15-8-6-14(7-9-15)25-18(29)12-28(2)21-26-19-16(22)4-3-5-17(19)32-21/h3-11H,12H2,1-2H3,(H,25,29)(H,23,24,27). The Kier molecular flexibility index (Phi) is 6.20. The molecule has 0 bridgehead atoms. The van der Waals surface area contributed by atoms with Crippen LogP contribution in [-0.4, -0.2) is 42.9 Å². The highest BCUT2D eigenvalue weighted by molar-refractivity contribution is 7.92. The van der Waals surface area contributed by atoms with Crippen molar-refractivity contribution in [2.45, 2.75) is 11.8 Å². The van der Waals surface area contributed by atoms with Crippen LogP contribution in [0.3, 0.4) is 0 Å². The number of thiazole rings is 1. The van der Waals surface area contributed by atoms with E-state index in [0.29, 0.717) is 21.2 Å². The maximum Gasteiger partial charge on any atom is 0.264 e. The van der Waals surface area contributed by atoms with Crippen LogP contribution in [-0.2, 0) is 14.8 Å². The molecule has 12 heteroatoms. The van der Waals surface area contributed by atoms with E-state index in [1.165, 1.54) is 47.9 Å². The lowest BCUT2D eigenvalue weighted by molar-refractivity contribution is -0.114. The second-order valence-electron chi connectivity index (χ2n) is 7.14. The number of sulfonamides is 1. The van der Waals surface area contributed by atoms with Crippen molar-refractivity contribution in [3.05, 3.63) is 66.2 Å². The summed E-state index contributed by atoms with van der Waals surface area (Å²) < 4.78 is 41.9. The molecule has 0 radical (unpaired) electrons. The Morgan fingerprint density at radius 1 is 1.12 bits per heavy atom. The van der Waals surface area contributed by atoms with Gasteiger partial charge in [-0.3, -0.25) is 4.79 Å². The summed E-state index contributed by atoms with van der Waals surface area (Å²) in [6.07, 6.45) is 1.46. The number of amides is 1. The molecular formula is C21H19FN6O3S2. The number of anilines is 3. The van der Waals surface area contributed by atoms with Gasteiger partial charge in [0.1, 0.15) is 11.3 Å². The minimum Gasteiger partial charge on any atom is -0.342 e. The van der Waals surface area contributed by atoms with Crippen LogP contribution in [0.5, 0.6) is 0 Å². The molecule has 0 fully saturated rings. The molecule has 1 amide bonds. The molecule has 9 nitrogen and oxygen atoms in total. The Morgan fingerprint density at radius 2 is 1.88 bits per heavy atom. The fraction of sp³-hybridized carbons (Fsp3) is 0.143.